The van der Waals surface area contributed by atoms with E-state index in [2.05, 4.69) is 52.8 Å². The van der Waals surface area contributed by atoms with Crippen LogP contribution >= 0.6 is 0 Å². The molecule has 0 aromatic carbocycles. The Labute approximate surface area is 161 Å². The van der Waals surface area contributed by atoms with Crippen LogP contribution in [0.25, 0.3) is 0 Å². The molecule has 2 fully saturated rings. The van der Waals surface area contributed by atoms with Crippen LogP contribution in [0.1, 0.15) is 46.5 Å². The van der Waals surface area contributed by atoms with Crippen LogP contribution in [-0.2, 0) is 0 Å². The van der Waals surface area contributed by atoms with Crippen molar-refractivity contribution in [3.05, 3.63) is 12.2 Å². The van der Waals surface area contributed by atoms with Gasteiger partial charge in [-0.2, -0.15) is 0 Å². The number of likely N-dealkylation sites (tertiary alicyclic amines) is 2. The smallest absolute Gasteiger partial charge is 0.191 e. The van der Waals surface area contributed by atoms with Crippen molar-refractivity contribution in [2.75, 3.05) is 52.9 Å². The van der Waals surface area contributed by atoms with E-state index in [1.165, 1.54) is 50.9 Å². The molecule has 0 saturated carbocycles. The average molecular weight is 364 g/mol. The maximum Gasteiger partial charge on any atom is 0.191 e. The maximum absolute atomic E-state index is 4.45. The van der Waals surface area contributed by atoms with Gasteiger partial charge in [-0.1, -0.05) is 26.0 Å². The molecule has 0 bridgehead atoms. The average Bonchev–Trinajstić information content (AvgIpc) is 2.59. The number of nitrogens with one attached hydrogen (secondary N) is 2. The Morgan fingerprint density at radius 2 is 1.88 bits per heavy atom. The van der Waals surface area contributed by atoms with Gasteiger partial charge in [-0.25, -0.2) is 0 Å². The highest BCUT2D eigenvalue weighted by molar-refractivity contribution is 5.79. The molecule has 0 spiro atoms. The minimum atomic E-state index is 0.534. The van der Waals surface area contributed by atoms with E-state index in [9.17, 15) is 0 Å². The van der Waals surface area contributed by atoms with Crippen LogP contribution < -0.4 is 10.6 Å². The summed E-state index contributed by atoms with van der Waals surface area (Å²) >= 11 is 0. The first-order chi connectivity index (χ1) is 12.5. The van der Waals surface area contributed by atoms with E-state index in [0.29, 0.717) is 6.04 Å². The van der Waals surface area contributed by atoms with Gasteiger partial charge in [-0.3, -0.25) is 9.89 Å². The first-order valence-electron chi connectivity index (χ1n) is 10.5. The molecule has 2 N–H and O–H groups in total. The van der Waals surface area contributed by atoms with Gasteiger partial charge in [-0.15, -0.1) is 0 Å². The molecule has 2 aliphatic rings. The van der Waals surface area contributed by atoms with Gasteiger partial charge in [-0.05, 0) is 51.0 Å². The lowest BCUT2D eigenvalue weighted by Crippen LogP contribution is -2.50. The van der Waals surface area contributed by atoms with Crippen LogP contribution in [0.4, 0.5) is 0 Å². The molecule has 0 radical (unpaired) electrons. The summed E-state index contributed by atoms with van der Waals surface area (Å²) in [7, 11) is 1.89. The van der Waals surface area contributed by atoms with Crippen molar-refractivity contribution in [3.63, 3.8) is 0 Å². The van der Waals surface area contributed by atoms with Crippen molar-refractivity contribution in [2.45, 2.75) is 52.5 Å². The molecule has 2 heterocycles. The van der Waals surface area contributed by atoms with Crippen molar-refractivity contribution in [1.82, 2.24) is 20.4 Å². The lowest BCUT2D eigenvalue weighted by Gasteiger charge is -2.35. The zero-order valence-electron chi connectivity index (χ0n) is 17.6. The number of aliphatic imine (C=N–C) groups is 1. The second-order valence-electron chi connectivity index (χ2n) is 8.77. The molecule has 5 nitrogen and oxygen atoms in total. The van der Waals surface area contributed by atoms with Gasteiger partial charge in [0, 0.05) is 52.4 Å². The Morgan fingerprint density at radius 3 is 2.50 bits per heavy atom. The Morgan fingerprint density at radius 1 is 1.15 bits per heavy atom. The Bertz CT molecular complexity index is 451. The summed E-state index contributed by atoms with van der Waals surface area (Å²) < 4.78 is 0. The van der Waals surface area contributed by atoms with Crippen LogP contribution in [0, 0.1) is 11.8 Å². The van der Waals surface area contributed by atoms with Gasteiger partial charge in [0.25, 0.3) is 0 Å². The predicted octanol–water partition coefficient (Wildman–Crippen LogP) is 2.56. The molecule has 0 aromatic rings. The van der Waals surface area contributed by atoms with E-state index in [4.69, 9.17) is 0 Å². The molecular formula is C21H41N5. The highest BCUT2D eigenvalue weighted by atomic mass is 15.2. The second kappa shape index (κ2) is 10.9. The SMILES string of the molecule is C=C(C)CN1CCC(NC(=NC)NCC2CCCN(CC(C)C)C2)CC1. The summed E-state index contributed by atoms with van der Waals surface area (Å²) in [4.78, 5) is 9.59. The van der Waals surface area contributed by atoms with Gasteiger partial charge in [0.15, 0.2) is 5.96 Å². The van der Waals surface area contributed by atoms with Crippen molar-refractivity contribution in [3.8, 4) is 0 Å². The summed E-state index contributed by atoms with van der Waals surface area (Å²) in [6.07, 6.45) is 5.02. The van der Waals surface area contributed by atoms with Crippen molar-refractivity contribution >= 4 is 5.96 Å². The first kappa shape index (κ1) is 21.2. The highest BCUT2D eigenvalue weighted by Crippen LogP contribution is 2.17. The fraction of sp³-hybridized carbons (Fsp3) is 0.857. The fourth-order valence-corrected chi connectivity index (χ4v) is 4.25. The number of guanidine groups is 1. The number of rotatable bonds is 7. The highest BCUT2D eigenvalue weighted by Gasteiger charge is 2.22. The van der Waals surface area contributed by atoms with Crippen LogP contribution in [0.5, 0.6) is 0 Å². The molecule has 26 heavy (non-hydrogen) atoms. The van der Waals surface area contributed by atoms with Gasteiger partial charge in [0.1, 0.15) is 0 Å². The molecule has 2 aliphatic heterocycles. The largest absolute Gasteiger partial charge is 0.356 e. The van der Waals surface area contributed by atoms with E-state index in [1.54, 1.807) is 0 Å². The Hall–Kier alpha value is -1.07. The molecule has 0 aromatic heterocycles. The van der Waals surface area contributed by atoms with Gasteiger partial charge in [0.05, 0.1) is 0 Å². The van der Waals surface area contributed by atoms with E-state index < -0.39 is 0 Å². The molecule has 0 amide bonds. The zero-order valence-corrected chi connectivity index (χ0v) is 17.6. The van der Waals surface area contributed by atoms with Gasteiger partial charge < -0.3 is 15.5 Å². The summed E-state index contributed by atoms with van der Waals surface area (Å²) in [5.74, 6) is 2.47. The molecule has 1 unspecified atom stereocenters. The lowest BCUT2D eigenvalue weighted by atomic mass is 9.97. The van der Waals surface area contributed by atoms with E-state index >= 15 is 0 Å². The van der Waals surface area contributed by atoms with E-state index in [1.807, 2.05) is 7.05 Å². The number of nitrogens with zero attached hydrogens (tertiary/aromatic N) is 3. The molecular weight excluding hydrogens is 322 g/mol. The first-order valence-corrected chi connectivity index (χ1v) is 10.5. The molecule has 150 valence electrons. The molecule has 5 heteroatoms. The summed E-state index contributed by atoms with van der Waals surface area (Å²) in [6, 6.07) is 0.534. The van der Waals surface area contributed by atoms with Crippen LogP contribution in [0.2, 0.25) is 0 Å². The van der Waals surface area contributed by atoms with Crippen molar-refractivity contribution in [2.24, 2.45) is 16.8 Å². The normalized spacial score (nSPS) is 24.0. The summed E-state index contributed by atoms with van der Waals surface area (Å²) in [6.45, 7) is 18.9. The minimum absolute atomic E-state index is 0.534. The van der Waals surface area contributed by atoms with Gasteiger partial charge in [0.2, 0.25) is 0 Å². The fourth-order valence-electron chi connectivity index (χ4n) is 4.25. The lowest BCUT2D eigenvalue weighted by molar-refractivity contribution is 0.159. The second-order valence-corrected chi connectivity index (χ2v) is 8.77. The van der Waals surface area contributed by atoms with Gasteiger partial charge >= 0.3 is 0 Å². The Balaban J connectivity index is 1.69. The molecule has 0 aliphatic carbocycles. The van der Waals surface area contributed by atoms with Crippen LogP contribution in [-0.4, -0.2) is 74.7 Å². The number of hydrogen-bond donors (Lipinski definition) is 2. The van der Waals surface area contributed by atoms with Crippen molar-refractivity contribution in [1.29, 1.82) is 0 Å². The maximum atomic E-state index is 4.45. The van der Waals surface area contributed by atoms with E-state index in [0.717, 1.165) is 44.0 Å². The van der Waals surface area contributed by atoms with Crippen molar-refractivity contribution < 1.29 is 0 Å². The summed E-state index contributed by atoms with van der Waals surface area (Å²) in [5, 5.41) is 7.23. The Kier molecular flexibility index (Phi) is 8.93. The summed E-state index contributed by atoms with van der Waals surface area (Å²) in [5.41, 5.74) is 1.26. The topological polar surface area (TPSA) is 42.9 Å². The third kappa shape index (κ3) is 7.67. The molecule has 2 saturated heterocycles. The quantitative estimate of drug-likeness (QED) is 0.414. The van der Waals surface area contributed by atoms with E-state index in [-0.39, 0.29) is 0 Å². The number of piperidine rings is 2. The minimum Gasteiger partial charge on any atom is -0.356 e. The third-order valence-electron chi connectivity index (χ3n) is 5.43. The number of hydrogen-bond acceptors (Lipinski definition) is 3. The monoisotopic (exact) mass is 363 g/mol. The standard InChI is InChI=1S/C21H41N5/c1-17(2)14-25-11-8-20(9-12-25)24-21(22-5)23-13-19-7-6-10-26(16-19)15-18(3)4/h18-20H,1,6-16H2,2-5H3,(H2,22,23,24). The third-order valence-corrected chi connectivity index (χ3v) is 5.43. The predicted molar refractivity (Wildman–Crippen MR) is 113 cm³/mol. The van der Waals surface area contributed by atoms with Crippen LogP contribution in [0.15, 0.2) is 17.1 Å². The molecule has 2 rings (SSSR count). The zero-order chi connectivity index (χ0) is 18.9. The molecule has 1 atom stereocenters. The van der Waals surface area contributed by atoms with Crippen LogP contribution in [0.3, 0.4) is 0 Å².